The summed E-state index contributed by atoms with van der Waals surface area (Å²) in [4.78, 5) is 11.1. The van der Waals surface area contributed by atoms with Gasteiger partial charge in [0.15, 0.2) is 0 Å². The van der Waals surface area contributed by atoms with Gasteiger partial charge in [-0.2, -0.15) is 0 Å². The average Bonchev–Trinajstić information content (AvgIpc) is 2.34. The maximum atomic E-state index is 11.1. The van der Waals surface area contributed by atoms with Crippen molar-refractivity contribution in [2.45, 2.75) is 26.2 Å². The quantitative estimate of drug-likeness (QED) is 0.334. The molecule has 0 saturated heterocycles. The Morgan fingerprint density at radius 2 is 2.00 bits per heavy atom. The molecule has 0 aliphatic rings. The highest BCUT2D eigenvalue weighted by Crippen LogP contribution is 2.12. The van der Waals surface area contributed by atoms with Crippen molar-refractivity contribution in [3.05, 3.63) is 29.8 Å². The number of nitrogen functional groups attached to an aromatic ring is 1. The highest BCUT2D eigenvalue weighted by Gasteiger charge is 2.02. The summed E-state index contributed by atoms with van der Waals surface area (Å²) in [5.41, 5.74) is 2.61. The molecule has 0 spiro atoms. The minimum absolute atomic E-state index is 0.294. The van der Waals surface area contributed by atoms with E-state index in [1.165, 1.54) is 12.8 Å². The van der Waals surface area contributed by atoms with Crippen LogP contribution in [0.4, 0.5) is 0 Å². The van der Waals surface area contributed by atoms with Crippen LogP contribution in [-0.4, -0.2) is 12.5 Å². The summed E-state index contributed by atoms with van der Waals surface area (Å²) in [6.45, 7) is 2.87. The van der Waals surface area contributed by atoms with Gasteiger partial charge in [0.05, 0.1) is 6.61 Å². The van der Waals surface area contributed by atoms with Gasteiger partial charge in [-0.05, 0) is 30.7 Å². The molecule has 0 aliphatic heterocycles. The van der Waals surface area contributed by atoms with E-state index in [4.69, 9.17) is 10.6 Å². The molecule has 1 rings (SSSR count). The van der Waals surface area contributed by atoms with Gasteiger partial charge in [0, 0.05) is 5.56 Å². The molecule has 16 heavy (non-hydrogen) atoms. The number of benzene rings is 1. The maximum Gasteiger partial charge on any atom is 0.265 e. The molecule has 0 unspecified atom stereocenters. The van der Waals surface area contributed by atoms with Crippen molar-refractivity contribution in [3.8, 4) is 5.75 Å². The third kappa shape index (κ3) is 3.90. The third-order valence-electron chi connectivity index (χ3n) is 2.26. The summed E-state index contributed by atoms with van der Waals surface area (Å²) in [6, 6.07) is 6.93. The van der Waals surface area contributed by atoms with E-state index in [0.717, 1.165) is 18.8 Å². The maximum absolute atomic E-state index is 11.1. The van der Waals surface area contributed by atoms with Gasteiger partial charge in [-0.1, -0.05) is 19.8 Å². The van der Waals surface area contributed by atoms with Crippen molar-refractivity contribution in [2.24, 2.45) is 5.84 Å². The summed E-state index contributed by atoms with van der Waals surface area (Å²) in [5, 5.41) is 0. The first kappa shape index (κ1) is 12.5. The molecule has 1 aromatic carbocycles. The van der Waals surface area contributed by atoms with Crippen molar-refractivity contribution in [1.29, 1.82) is 0 Å². The Morgan fingerprint density at radius 3 is 2.56 bits per heavy atom. The Bertz CT molecular complexity index is 322. The number of amides is 1. The number of nitrogens with one attached hydrogen (secondary N) is 1. The topological polar surface area (TPSA) is 64.3 Å². The van der Waals surface area contributed by atoms with Crippen LogP contribution in [0.2, 0.25) is 0 Å². The number of carbonyl (C=O) groups is 1. The van der Waals surface area contributed by atoms with Gasteiger partial charge < -0.3 is 4.74 Å². The fourth-order valence-corrected chi connectivity index (χ4v) is 1.33. The Kier molecular flexibility index (Phi) is 5.36. The van der Waals surface area contributed by atoms with Crippen LogP contribution in [0.15, 0.2) is 24.3 Å². The van der Waals surface area contributed by atoms with Gasteiger partial charge in [-0.15, -0.1) is 0 Å². The number of hydrogen-bond donors (Lipinski definition) is 2. The number of ether oxygens (including phenoxy) is 1. The lowest BCUT2D eigenvalue weighted by Gasteiger charge is -2.06. The van der Waals surface area contributed by atoms with Crippen LogP contribution in [0, 0.1) is 0 Å². The molecule has 4 nitrogen and oxygen atoms in total. The highest BCUT2D eigenvalue weighted by molar-refractivity contribution is 5.93. The zero-order valence-electron chi connectivity index (χ0n) is 9.53. The van der Waals surface area contributed by atoms with Crippen molar-refractivity contribution in [3.63, 3.8) is 0 Å². The summed E-state index contributed by atoms with van der Waals surface area (Å²) < 4.78 is 5.51. The second kappa shape index (κ2) is 6.85. The Morgan fingerprint density at radius 1 is 1.31 bits per heavy atom. The third-order valence-corrected chi connectivity index (χ3v) is 2.26. The van der Waals surface area contributed by atoms with Gasteiger partial charge >= 0.3 is 0 Å². The molecule has 0 heterocycles. The number of hydrogen-bond acceptors (Lipinski definition) is 3. The number of carbonyl (C=O) groups excluding carboxylic acids is 1. The molecule has 0 aliphatic carbocycles. The average molecular weight is 222 g/mol. The van der Waals surface area contributed by atoms with Crippen LogP contribution >= 0.6 is 0 Å². The van der Waals surface area contributed by atoms with E-state index in [1.54, 1.807) is 24.3 Å². The van der Waals surface area contributed by atoms with Gasteiger partial charge in [0.25, 0.3) is 5.91 Å². The molecule has 0 bridgehead atoms. The van der Waals surface area contributed by atoms with Crippen LogP contribution in [0.3, 0.4) is 0 Å². The Hall–Kier alpha value is -1.55. The van der Waals surface area contributed by atoms with E-state index in [0.29, 0.717) is 5.56 Å². The predicted molar refractivity (Wildman–Crippen MR) is 63.1 cm³/mol. The lowest BCUT2D eigenvalue weighted by molar-refractivity contribution is 0.0953. The standard InChI is InChI=1S/C12H18N2O2/c1-2-3-4-9-16-11-7-5-10(6-8-11)12(15)14-13/h5-8H,2-4,9,13H2,1H3,(H,14,15). The zero-order chi connectivity index (χ0) is 11.8. The van der Waals surface area contributed by atoms with Crippen molar-refractivity contribution in [2.75, 3.05) is 6.61 Å². The van der Waals surface area contributed by atoms with Crippen LogP contribution < -0.4 is 16.0 Å². The molecule has 0 atom stereocenters. The molecule has 1 aromatic rings. The van der Waals surface area contributed by atoms with E-state index in [-0.39, 0.29) is 5.91 Å². The second-order valence-electron chi connectivity index (χ2n) is 3.55. The fraction of sp³-hybridized carbons (Fsp3) is 0.417. The van der Waals surface area contributed by atoms with Crippen LogP contribution in [0.1, 0.15) is 36.5 Å². The molecule has 0 aromatic heterocycles. The molecule has 1 amide bonds. The number of nitrogens with two attached hydrogens (primary N) is 1. The van der Waals surface area contributed by atoms with Crippen LogP contribution in [0.25, 0.3) is 0 Å². The molecule has 0 saturated carbocycles. The summed E-state index contributed by atoms with van der Waals surface area (Å²) in [7, 11) is 0. The molecule has 3 N–H and O–H groups in total. The van der Waals surface area contributed by atoms with Crippen LogP contribution in [0.5, 0.6) is 5.75 Å². The van der Waals surface area contributed by atoms with Gasteiger partial charge in [0.2, 0.25) is 0 Å². The lowest BCUT2D eigenvalue weighted by atomic mass is 10.2. The van der Waals surface area contributed by atoms with Gasteiger partial charge in [-0.25, -0.2) is 5.84 Å². The number of rotatable bonds is 6. The largest absolute Gasteiger partial charge is 0.494 e. The van der Waals surface area contributed by atoms with Gasteiger partial charge in [0.1, 0.15) is 5.75 Å². The van der Waals surface area contributed by atoms with Crippen molar-refractivity contribution < 1.29 is 9.53 Å². The highest BCUT2D eigenvalue weighted by atomic mass is 16.5. The van der Waals surface area contributed by atoms with E-state index in [2.05, 4.69) is 12.3 Å². The van der Waals surface area contributed by atoms with E-state index in [1.807, 2.05) is 0 Å². The van der Waals surface area contributed by atoms with Crippen molar-refractivity contribution >= 4 is 5.91 Å². The first-order valence-corrected chi connectivity index (χ1v) is 5.51. The number of hydrazine groups is 1. The summed E-state index contributed by atoms with van der Waals surface area (Å²) in [5.74, 6) is 5.51. The Labute approximate surface area is 95.8 Å². The van der Waals surface area contributed by atoms with Crippen molar-refractivity contribution in [1.82, 2.24) is 5.43 Å². The number of unbranched alkanes of at least 4 members (excludes halogenated alkanes) is 2. The monoisotopic (exact) mass is 222 g/mol. The lowest BCUT2D eigenvalue weighted by Crippen LogP contribution is -2.29. The molecule has 0 fully saturated rings. The normalized spacial score (nSPS) is 9.88. The Balaban J connectivity index is 2.42. The molecular formula is C12H18N2O2. The zero-order valence-corrected chi connectivity index (χ0v) is 9.53. The van der Waals surface area contributed by atoms with E-state index < -0.39 is 0 Å². The fourth-order valence-electron chi connectivity index (χ4n) is 1.33. The summed E-state index contributed by atoms with van der Waals surface area (Å²) >= 11 is 0. The first-order chi connectivity index (χ1) is 7.77. The smallest absolute Gasteiger partial charge is 0.265 e. The molecule has 0 radical (unpaired) electrons. The molecule has 4 heteroatoms. The SMILES string of the molecule is CCCCCOc1ccc(C(=O)NN)cc1. The van der Waals surface area contributed by atoms with Crippen LogP contribution in [-0.2, 0) is 0 Å². The van der Waals surface area contributed by atoms with E-state index in [9.17, 15) is 4.79 Å². The minimum Gasteiger partial charge on any atom is -0.494 e. The van der Waals surface area contributed by atoms with E-state index >= 15 is 0 Å². The molecule has 88 valence electrons. The van der Waals surface area contributed by atoms with Gasteiger partial charge in [-0.3, -0.25) is 10.2 Å². The minimum atomic E-state index is -0.294. The summed E-state index contributed by atoms with van der Waals surface area (Å²) in [6.07, 6.45) is 3.41. The molecular weight excluding hydrogens is 204 g/mol. The predicted octanol–water partition coefficient (Wildman–Crippen LogP) is 1.86. The first-order valence-electron chi connectivity index (χ1n) is 5.51. The second-order valence-corrected chi connectivity index (χ2v) is 3.55.